The molecule has 0 aliphatic heterocycles. The van der Waals surface area contributed by atoms with Gasteiger partial charge in [0.25, 0.3) is 5.97 Å². The molecule has 0 aliphatic carbocycles. The predicted octanol–water partition coefficient (Wildman–Crippen LogP) is 6.39. The van der Waals surface area contributed by atoms with E-state index in [9.17, 15) is 81.5 Å². The molecule has 98 heavy (non-hydrogen) atoms. The Balaban J connectivity index is -0.0000298. The molecule has 0 fully saturated rings. The zero-order valence-corrected chi connectivity index (χ0v) is 62.3. The van der Waals surface area contributed by atoms with Gasteiger partial charge in [-0.15, -0.1) is 0 Å². The summed E-state index contributed by atoms with van der Waals surface area (Å²) >= 11 is 0. The van der Waals surface area contributed by atoms with Gasteiger partial charge in [0.05, 0.1) is 37.9 Å². The third kappa shape index (κ3) is 43.1. The summed E-state index contributed by atoms with van der Waals surface area (Å²) in [5.74, 6) is -11.8. The van der Waals surface area contributed by atoms with Gasteiger partial charge < -0.3 is 52.5 Å². The molecule has 0 saturated heterocycles. The summed E-state index contributed by atoms with van der Waals surface area (Å²) in [6.07, 6.45) is -2.43. The van der Waals surface area contributed by atoms with E-state index in [2.05, 4.69) is 40.3 Å². The Labute approximate surface area is 573 Å². The molecule has 0 aliphatic rings. The minimum absolute atomic E-state index is 0. The van der Waals surface area contributed by atoms with Crippen LogP contribution in [0.5, 0.6) is 0 Å². The van der Waals surface area contributed by atoms with Crippen molar-refractivity contribution in [3.8, 4) is 0 Å². The van der Waals surface area contributed by atoms with Gasteiger partial charge in [-0.2, -0.15) is 0 Å². The number of rotatable bonds is 58. The first kappa shape index (κ1) is 94.0. The van der Waals surface area contributed by atoms with E-state index in [-0.39, 0.29) is 208 Å². The van der Waals surface area contributed by atoms with Crippen molar-refractivity contribution in [1.29, 1.82) is 0 Å². The SMILES string of the molecule is [CH-]=O.[CH2-]C(CCC(=O)NCCOCCOCC(=O)CC(CCC(=O)NC(CCC(=O)CC(CCC(=O)CC)C(=O)CC)C(=O)CC(CCC(=O)CC)C(=O)CC)C(=O)NC(CCC(=O)NC(CCC(=O)CC)C(=O)CC)C(=O)NC(CCC(=O)CC)C(=O)CC)C(=O)OC(C)(C)C.[Fm]. The molecule has 8 atom stereocenters. The van der Waals surface area contributed by atoms with Crippen LogP contribution in [0.1, 0.15) is 250 Å². The van der Waals surface area contributed by atoms with Gasteiger partial charge in [0, 0.05) is 146 Å². The molecule has 0 spiro atoms. The van der Waals surface area contributed by atoms with Gasteiger partial charge >= 0.3 is 0 Å². The first-order chi connectivity index (χ1) is 45.8. The number of ketones is 11. The molecule has 0 bridgehead atoms. The Hall–Kier alpha value is -8.22. The Morgan fingerprint density at radius 1 is 0.367 bits per heavy atom. The molecule has 5 amide bonds. The Kier molecular flexibility index (Phi) is 51.6. The number of carbonyl (C=O) groups is 17. The molecule has 0 aromatic carbocycles. The molecule has 0 rings (SSSR count). The van der Waals surface area contributed by atoms with Crippen LogP contribution in [-0.2, 0) is 101 Å². The minimum Gasteiger partial charge on any atom is -0.545 e. The van der Waals surface area contributed by atoms with E-state index in [4.69, 9.17) is 19.0 Å². The number of carbonyl (C=O) groups excluding carboxylic acids is 18. The summed E-state index contributed by atoms with van der Waals surface area (Å²) < 4.78 is 16.4. The molecular weight excluding hydrogens is 1520 g/mol. The van der Waals surface area contributed by atoms with Gasteiger partial charge in [-0.1, -0.05) is 67.7 Å². The molecule has 0 radical (unpaired) electrons. The van der Waals surface area contributed by atoms with Crippen LogP contribution in [-0.4, -0.2) is 169 Å². The van der Waals surface area contributed by atoms with Crippen molar-refractivity contribution in [2.24, 2.45) is 23.7 Å². The molecule has 0 saturated carbocycles. The van der Waals surface area contributed by atoms with Crippen LogP contribution in [0.3, 0.4) is 0 Å². The number of hydrogen-bond acceptors (Lipinski definition) is 21. The number of esters is 1. The smallest absolute Gasteiger partial charge is 0.278 e. The number of amides is 5. The summed E-state index contributed by atoms with van der Waals surface area (Å²) in [6, 6.07) is -5.25. The average Bonchev–Trinajstić information content (AvgIpc) is 0.949. The standard InChI is InChI=1S/C70H112N5O20.CHO.Fm/c1-13-49(76)25-22-46(59(82)17-5)41-53(80)29-32-57(63(86)43-47(60(83)18-6)23-26-50(77)14-2)73-65(88)35-24-48(42-54(81)44-94-40-39-93-38-37-71-64(87)34-21-45(9)69(92)95-70(10,11)12)67(90)75-58(68(91)74-56(62(85)20-8)31-28-52(79)16-4)33-36-66(89)72-55(61(84)19-7)30-27-51(78)15-3;1-2;/h45-48,55-58H,9,13-44H2,1-8,10-12H3,(H,71,87)(H,72,89)(H,73,88)(H,74,91)(H,75,90);1H;/q2*-1;. The van der Waals surface area contributed by atoms with Crippen LogP contribution in [0.15, 0.2) is 0 Å². The molecular formula is C71H113FmN5O21-2. The number of ether oxygens (including phenoxy) is 3. The maximum Gasteiger partial charge on any atom is 0.278 e. The van der Waals surface area contributed by atoms with E-state index in [1.165, 1.54) is 0 Å². The predicted molar refractivity (Wildman–Crippen MR) is 359 cm³/mol. The fourth-order valence-corrected chi connectivity index (χ4v) is 9.99. The fraction of sp³-hybridized carbons (Fsp3) is 0.732. The molecule has 26 nitrogen and oxygen atoms in total. The van der Waals surface area contributed by atoms with Crippen LogP contribution < -0.4 is 26.6 Å². The van der Waals surface area contributed by atoms with Crippen molar-refractivity contribution in [3.63, 3.8) is 0 Å². The zero-order valence-electron chi connectivity index (χ0n) is 59.9. The van der Waals surface area contributed by atoms with E-state index in [0.717, 1.165) is 0 Å². The number of Topliss-reactive ketones (excluding diaryl/α,β-unsaturated/α-hetero) is 11. The molecule has 27 heteroatoms. The number of hydrogen-bond donors (Lipinski definition) is 5. The maximum absolute atomic E-state index is 14.7. The third-order valence-corrected chi connectivity index (χ3v) is 16.2. The Morgan fingerprint density at radius 3 is 1.19 bits per heavy atom. The van der Waals surface area contributed by atoms with Crippen LogP contribution in [0, 0.1) is 30.6 Å². The summed E-state index contributed by atoms with van der Waals surface area (Å²) in [4.78, 5) is 232. The van der Waals surface area contributed by atoms with E-state index in [0.29, 0.717) is 0 Å². The number of nitrogens with one attached hydrogen (secondary N) is 5. The largest absolute Gasteiger partial charge is 0.545 e. The van der Waals surface area contributed by atoms with Crippen LogP contribution in [0.2, 0.25) is 0 Å². The summed E-state index contributed by atoms with van der Waals surface area (Å²) in [5, 5.41) is 13.1. The third-order valence-electron chi connectivity index (χ3n) is 16.2. The van der Waals surface area contributed by atoms with E-state index in [1.807, 2.05) is 0 Å². The molecule has 0 heterocycles. The molecule has 0 aromatic heterocycles. The van der Waals surface area contributed by atoms with E-state index < -0.39 is 151 Å². The van der Waals surface area contributed by atoms with Crippen LogP contribution in [0.4, 0.5) is 0 Å². The van der Waals surface area contributed by atoms with Gasteiger partial charge in [-0.25, -0.2) is 0 Å². The summed E-state index contributed by atoms with van der Waals surface area (Å²) in [5.41, 5.74) is -0.708. The van der Waals surface area contributed by atoms with Gasteiger partial charge in [0.2, 0.25) is 29.5 Å². The second kappa shape index (κ2) is 53.8. The van der Waals surface area contributed by atoms with E-state index in [1.54, 1.807) is 76.2 Å². The van der Waals surface area contributed by atoms with Gasteiger partial charge in [-0.3, -0.25) is 88.3 Å². The molecule has 5 N–H and O–H groups in total. The van der Waals surface area contributed by atoms with Crippen molar-refractivity contribution in [2.75, 3.05) is 33.0 Å². The second-order valence-corrected chi connectivity index (χ2v) is 25.0. The maximum atomic E-state index is 14.7. The van der Waals surface area contributed by atoms with Crippen molar-refractivity contribution in [1.82, 2.24) is 26.6 Å². The quantitative estimate of drug-likeness (QED) is 0.0190. The second-order valence-electron chi connectivity index (χ2n) is 25.0. The van der Waals surface area contributed by atoms with Gasteiger partial charge in [0.15, 0.2) is 23.1 Å². The van der Waals surface area contributed by atoms with Crippen molar-refractivity contribution in [2.45, 2.75) is 279 Å². The molecule has 562 valence electrons. The van der Waals surface area contributed by atoms with Crippen LogP contribution in [0.25, 0.3) is 0 Å². The van der Waals surface area contributed by atoms with Crippen LogP contribution >= 0.6 is 0 Å². The topological polar surface area (TPSA) is 395 Å². The average molecular weight is 1630 g/mol. The summed E-state index contributed by atoms with van der Waals surface area (Å²) in [7, 11) is 0. The normalized spacial score (nSPS) is 13.4. The Bertz CT molecular complexity index is 2600. The van der Waals surface area contributed by atoms with Crippen molar-refractivity contribution < 1.29 is 101 Å². The zero-order chi connectivity index (χ0) is 74.2. The Morgan fingerprint density at radius 2 is 0.735 bits per heavy atom. The first-order valence-corrected chi connectivity index (χ1v) is 34.5. The first-order valence-electron chi connectivity index (χ1n) is 34.5. The summed E-state index contributed by atoms with van der Waals surface area (Å²) in [6.45, 7) is 24.6. The van der Waals surface area contributed by atoms with Gasteiger partial charge in [0.1, 0.15) is 58.7 Å². The van der Waals surface area contributed by atoms with Gasteiger partial charge in [-0.05, 0) is 65.7 Å². The van der Waals surface area contributed by atoms with Crippen molar-refractivity contribution in [3.05, 3.63) is 6.92 Å². The molecule has 8 unspecified atom stereocenters. The molecule has 0 aromatic rings. The minimum atomic E-state index is -1.61. The van der Waals surface area contributed by atoms with E-state index >= 15 is 0 Å². The monoisotopic (exact) mass is 1630 g/mol. The van der Waals surface area contributed by atoms with Crippen molar-refractivity contribution >= 4 is 106 Å². The fourth-order valence-electron chi connectivity index (χ4n) is 9.99.